The third-order valence-electron chi connectivity index (χ3n) is 6.87. The molecule has 0 radical (unpaired) electrons. The van der Waals surface area contributed by atoms with E-state index in [9.17, 15) is 9.59 Å². The fourth-order valence-corrected chi connectivity index (χ4v) is 7.46. The van der Waals surface area contributed by atoms with Crippen LogP contribution in [0.15, 0.2) is 51.0 Å². The molecule has 6 aromatic rings. The van der Waals surface area contributed by atoms with E-state index in [1.165, 1.54) is 25.3 Å². The zero-order valence-electron chi connectivity index (χ0n) is 29.9. The number of fused-ring (bicyclic) bond motifs is 3. The molecule has 0 saturated carbocycles. The number of nitrogen functional groups attached to an aromatic ring is 3. The highest BCUT2D eigenvalue weighted by atomic mass is 127. The number of carbonyl (C=O) groups excluding carboxylic acids is 2. The number of aromatic nitrogens is 9. The van der Waals surface area contributed by atoms with Gasteiger partial charge in [-0.2, -0.15) is 19.2 Å². The topological polar surface area (TPSA) is 270 Å². The van der Waals surface area contributed by atoms with Gasteiger partial charge >= 0.3 is 6.03 Å². The minimum absolute atomic E-state index is 0. The van der Waals surface area contributed by atoms with Gasteiger partial charge in [0.15, 0.2) is 17.5 Å². The van der Waals surface area contributed by atoms with Crippen LogP contribution in [0.2, 0.25) is 0 Å². The van der Waals surface area contributed by atoms with Crippen molar-refractivity contribution in [1.82, 2.24) is 51.6 Å². The summed E-state index contributed by atoms with van der Waals surface area (Å²) in [7, 11) is 0. The Morgan fingerprint density at radius 2 is 1.27 bits per heavy atom. The Labute approximate surface area is 449 Å². The normalized spacial score (nSPS) is 12.9. The van der Waals surface area contributed by atoms with Crippen molar-refractivity contribution in [3.63, 3.8) is 0 Å². The lowest BCUT2D eigenvalue weighted by atomic mass is 10.1. The van der Waals surface area contributed by atoms with E-state index in [1.54, 1.807) is 45.9 Å². The van der Waals surface area contributed by atoms with Crippen molar-refractivity contribution in [2.75, 3.05) is 19.6 Å². The van der Waals surface area contributed by atoms with Crippen LogP contribution in [-0.4, -0.2) is 86.3 Å². The van der Waals surface area contributed by atoms with Gasteiger partial charge in [-0.3, -0.25) is 4.79 Å². The van der Waals surface area contributed by atoms with Crippen LogP contribution in [0.1, 0.15) is 44.9 Å². The van der Waals surface area contributed by atoms with Crippen molar-refractivity contribution < 1.29 is 24.9 Å². The van der Waals surface area contributed by atoms with Gasteiger partial charge < -0.3 is 32.5 Å². The van der Waals surface area contributed by atoms with Crippen molar-refractivity contribution in [3.8, 4) is 0 Å². The smallest absolute Gasteiger partial charge is 0.348 e. The van der Waals surface area contributed by atoms with Gasteiger partial charge in [-0.1, -0.05) is 120 Å². The maximum Gasteiger partial charge on any atom is 0.348 e. The number of urea groups is 1. The molecule has 9 N–H and O–H groups in total. The third kappa shape index (κ3) is 15.7. The molecule has 0 atom stereocenters. The predicted octanol–water partition coefficient (Wildman–Crippen LogP) is 8.76. The number of hydrogen-bond acceptors (Lipinski definition) is 14. The van der Waals surface area contributed by atoms with Gasteiger partial charge in [-0.05, 0) is 80.2 Å². The second kappa shape index (κ2) is 26.2. The Bertz CT molecular complexity index is 2320. The highest BCUT2D eigenvalue weighted by Crippen LogP contribution is 2.35. The van der Waals surface area contributed by atoms with Gasteiger partial charge in [0, 0.05) is 23.5 Å². The monoisotopic (exact) mass is 1700 g/mol. The standard InChI is InChI=1S/C7H6Br2N4O.C7H7BrN4O.C7H8N4O.C5H6Br2N2O2.C2H3I3.CH2I2.CH4/c8-4-3(1-14)6(9)13-5(4)7(10)11-2-12-13;8-5-4(2-13)1-12-6(5)7(9)10-3-11-12;8-7-6-1-5(3-12)2-11(6)10-4-9-7;1-5(2)3(10)8(6)4(11)9(5)7;1-2(3,4)5;2-1-3;/h2,14H,1H2,(H2,10,11,12);1,3,13H,2H2,(H2,9,10,11);1-2,4,12H,3H2,(H2,8,9,10);1-2H3;1H3;1H2;1H4. The van der Waals surface area contributed by atoms with E-state index in [1.807, 2.05) is 0 Å². The first kappa shape index (κ1) is 57.1. The van der Waals surface area contributed by atoms with Crippen LogP contribution in [0, 0.1) is 0 Å². The van der Waals surface area contributed by atoms with Gasteiger partial charge in [0.05, 0.1) is 63.5 Å². The van der Waals surface area contributed by atoms with E-state index < -0.39 is 11.6 Å². The van der Waals surface area contributed by atoms with Gasteiger partial charge in [-0.25, -0.2) is 37.2 Å². The summed E-state index contributed by atoms with van der Waals surface area (Å²) in [5.74, 6) is 0.901. The number of imide groups is 1. The molecule has 0 aliphatic carbocycles. The lowest BCUT2D eigenvalue weighted by Crippen LogP contribution is -2.37. The molecule has 7 heterocycles. The van der Waals surface area contributed by atoms with E-state index in [2.05, 4.69) is 230 Å². The SMILES string of the molecule is C.CC(I)(I)I.CC1(C)C(=O)N(Br)C(=O)N1Br.ICI.Nc1ncnn2c(Br)c(CO)c(Br)c12.Nc1ncnn2cc(CO)c(Br)c12.Nc1ncnn2cc(CO)cc12. The molecule has 7 rings (SSSR count). The summed E-state index contributed by atoms with van der Waals surface area (Å²) < 4.78 is 10.6. The van der Waals surface area contributed by atoms with Gasteiger partial charge in [0.25, 0.3) is 5.91 Å². The van der Waals surface area contributed by atoms with E-state index >= 15 is 0 Å². The molecule has 19 nitrogen and oxygen atoms in total. The number of carbonyl (C=O) groups is 2. The van der Waals surface area contributed by atoms with Crippen molar-refractivity contribution in [3.05, 3.63) is 67.7 Å². The lowest BCUT2D eigenvalue weighted by Gasteiger charge is -2.19. The van der Waals surface area contributed by atoms with E-state index in [4.69, 9.17) is 32.5 Å². The van der Waals surface area contributed by atoms with E-state index in [0.717, 1.165) is 25.0 Å². The first-order valence-electron chi connectivity index (χ1n) is 15.3. The van der Waals surface area contributed by atoms with Crippen LogP contribution in [0.4, 0.5) is 22.2 Å². The third-order valence-corrected chi connectivity index (χ3v) is 11.2. The molecule has 1 saturated heterocycles. The Balaban J connectivity index is 0.000000370. The molecule has 0 unspecified atom stereocenters. The van der Waals surface area contributed by atoms with Crippen LogP contribution in [0.3, 0.4) is 0 Å². The number of nitrogens with zero attached hydrogens (tertiary/aromatic N) is 11. The summed E-state index contributed by atoms with van der Waals surface area (Å²) >= 11 is 27.4. The number of halogens is 10. The van der Waals surface area contributed by atoms with Crippen LogP contribution in [0.5, 0.6) is 0 Å². The fourth-order valence-electron chi connectivity index (χ4n) is 4.19. The highest BCUT2D eigenvalue weighted by molar-refractivity contribution is 14.3. The number of aliphatic hydroxyl groups excluding tert-OH is 3. The van der Waals surface area contributed by atoms with Crippen LogP contribution in [-0.2, 0) is 24.6 Å². The first-order valence-corrected chi connectivity index (χ1v) is 25.4. The Morgan fingerprint density at radius 3 is 1.66 bits per heavy atom. The molecule has 59 heavy (non-hydrogen) atoms. The summed E-state index contributed by atoms with van der Waals surface area (Å²) in [6.45, 7) is 5.30. The van der Waals surface area contributed by atoms with Crippen molar-refractivity contribution in [1.29, 1.82) is 0 Å². The highest BCUT2D eigenvalue weighted by Gasteiger charge is 2.50. The Hall–Kier alpha value is 0.130. The molecular formula is C30H36Br5I5N14O5. The van der Waals surface area contributed by atoms with Crippen molar-refractivity contribution in [2.24, 2.45) is 0 Å². The predicted molar refractivity (Wildman–Crippen MR) is 289 cm³/mol. The number of alkyl halides is 5. The van der Waals surface area contributed by atoms with Crippen molar-refractivity contribution >= 4 is 239 Å². The Morgan fingerprint density at radius 1 is 0.780 bits per heavy atom. The molecule has 1 aliphatic rings. The average Bonchev–Trinajstić information content (AvgIpc) is 3.85. The number of anilines is 3. The molecule has 0 bridgehead atoms. The zero-order chi connectivity index (χ0) is 44.3. The minimum atomic E-state index is -0.805. The molecular weight excluding hydrogens is 1670 g/mol. The maximum atomic E-state index is 11.2. The van der Waals surface area contributed by atoms with E-state index in [-0.39, 0.29) is 33.2 Å². The quantitative estimate of drug-likeness (QED) is 0.0419. The summed E-state index contributed by atoms with van der Waals surface area (Å²) in [5, 5.41) is 38.8. The summed E-state index contributed by atoms with van der Waals surface area (Å²) in [6, 6.07) is 1.36. The van der Waals surface area contributed by atoms with Crippen LogP contribution >= 0.6 is 193 Å². The molecule has 1 aliphatic heterocycles. The minimum Gasteiger partial charge on any atom is -0.392 e. The first-order chi connectivity index (χ1) is 27.0. The lowest BCUT2D eigenvalue weighted by molar-refractivity contribution is -0.127. The largest absolute Gasteiger partial charge is 0.392 e. The van der Waals surface area contributed by atoms with Gasteiger partial charge in [-0.15, -0.1) is 0 Å². The molecule has 29 heteroatoms. The van der Waals surface area contributed by atoms with Gasteiger partial charge in [0.2, 0.25) is 0 Å². The Kier molecular flexibility index (Phi) is 25.4. The molecule has 0 spiro atoms. The molecule has 6 aromatic heterocycles. The summed E-state index contributed by atoms with van der Waals surface area (Å²) in [5.41, 5.74) is 20.4. The number of amides is 3. The van der Waals surface area contributed by atoms with Crippen LogP contribution < -0.4 is 17.2 Å². The summed E-state index contributed by atoms with van der Waals surface area (Å²) in [6.07, 6.45) is 7.53. The van der Waals surface area contributed by atoms with Crippen LogP contribution in [0.25, 0.3) is 16.6 Å². The van der Waals surface area contributed by atoms with Gasteiger partial charge in [0.1, 0.15) is 45.1 Å². The molecule has 1 fully saturated rings. The zero-order valence-corrected chi connectivity index (χ0v) is 48.6. The second-order valence-corrected chi connectivity index (χ2v) is 32.1. The fraction of sp³-hybridized carbons (Fsp3) is 0.333. The molecule has 3 amide bonds. The summed E-state index contributed by atoms with van der Waals surface area (Å²) in [4.78, 5) is 33.8. The number of hydrogen-bond donors (Lipinski definition) is 6. The molecule has 0 aromatic carbocycles. The number of rotatable bonds is 3. The van der Waals surface area contributed by atoms with Crippen molar-refractivity contribution in [2.45, 2.75) is 53.0 Å². The maximum absolute atomic E-state index is 11.2. The van der Waals surface area contributed by atoms with E-state index in [0.29, 0.717) is 42.6 Å². The second-order valence-electron chi connectivity index (χ2n) is 11.3. The number of aliphatic hydroxyl groups is 3. The average molecular weight is 1710 g/mol. The molecule has 326 valence electrons. The number of nitrogens with two attached hydrogens (primary N) is 3.